The van der Waals surface area contributed by atoms with Gasteiger partial charge in [0.15, 0.2) is 0 Å². The molecule has 0 aliphatic carbocycles. The van der Waals surface area contributed by atoms with E-state index in [-0.39, 0.29) is 4.90 Å². The van der Waals surface area contributed by atoms with Crippen molar-refractivity contribution in [3.8, 4) is 5.75 Å². The molecule has 0 atom stereocenters. The molecule has 3 rings (SSSR count). The van der Waals surface area contributed by atoms with Crippen molar-refractivity contribution in [3.63, 3.8) is 0 Å². The number of hydrogen-bond acceptors (Lipinski definition) is 4. The van der Waals surface area contributed by atoms with Crippen molar-refractivity contribution in [2.45, 2.75) is 11.8 Å². The second-order valence-electron chi connectivity index (χ2n) is 6.25. The van der Waals surface area contributed by atoms with Gasteiger partial charge in [-0.15, -0.1) is 0 Å². The summed E-state index contributed by atoms with van der Waals surface area (Å²) in [5, 5.41) is 5.43. The summed E-state index contributed by atoms with van der Waals surface area (Å²) in [6.07, 6.45) is 0. The van der Waals surface area contributed by atoms with Crippen LogP contribution in [0.15, 0.2) is 77.7 Å². The van der Waals surface area contributed by atoms with Crippen LogP contribution in [0.1, 0.15) is 5.56 Å². The highest BCUT2D eigenvalue weighted by Crippen LogP contribution is 2.21. The molecule has 0 spiro atoms. The lowest BCUT2D eigenvalue weighted by Crippen LogP contribution is -2.20. The Kier molecular flexibility index (Phi) is 6.04. The number of rotatable bonds is 6. The summed E-state index contributed by atoms with van der Waals surface area (Å²) < 4.78 is 32.6. The average Bonchev–Trinajstić information content (AvgIpc) is 2.70. The van der Waals surface area contributed by atoms with E-state index in [1.807, 2.05) is 25.1 Å². The number of benzene rings is 3. The molecule has 0 aliphatic heterocycles. The van der Waals surface area contributed by atoms with E-state index in [1.54, 1.807) is 30.3 Å². The molecule has 0 aliphatic rings. The molecule has 0 aromatic heterocycles. The minimum atomic E-state index is -3.75. The van der Waals surface area contributed by atoms with Gasteiger partial charge in [-0.1, -0.05) is 18.2 Å². The Bertz CT molecular complexity index is 1100. The van der Waals surface area contributed by atoms with Crippen LogP contribution in [-0.4, -0.2) is 21.6 Å². The average molecular weight is 411 g/mol. The molecule has 0 bridgehead atoms. The van der Waals surface area contributed by atoms with Gasteiger partial charge < -0.3 is 15.4 Å². The molecule has 8 heteroatoms. The molecule has 0 fully saturated rings. The summed E-state index contributed by atoms with van der Waals surface area (Å²) in [4.78, 5) is 12.2. The maximum absolute atomic E-state index is 12.5. The van der Waals surface area contributed by atoms with Crippen LogP contribution in [0.25, 0.3) is 0 Å². The Morgan fingerprint density at radius 2 is 1.45 bits per heavy atom. The van der Waals surface area contributed by atoms with Crippen LogP contribution in [0.5, 0.6) is 5.75 Å². The molecule has 0 saturated heterocycles. The third kappa shape index (κ3) is 5.26. The van der Waals surface area contributed by atoms with Gasteiger partial charge in [-0.2, -0.15) is 0 Å². The molecular formula is C21H21N3O4S. The molecular weight excluding hydrogens is 390 g/mol. The number of aryl methyl sites for hydroxylation is 1. The van der Waals surface area contributed by atoms with Gasteiger partial charge in [-0.05, 0) is 67.1 Å². The number of amides is 2. The van der Waals surface area contributed by atoms with E-state index >= 15 is 0 Å². The maximum atomic E-state index is 12.5. The van der Waals surface area contributed by atoms with E-state index in [9.17, 15) is 13.2 Å². The quantitative estimate of drug-likeness (QED) is 0.558. The van der Waals surface area contributed by atoms with E-state index in [4.69, 9.17) is 4.74 Å². The van der Waals surface area contributed by atoms with E-state index in [1.165, 1.54) is 31.4 Å². The molecule has 3 N–H and O–H groups in total. The van der Waals surface area contributed by atoms with Gasteiger partial charge in [0.1, 0.15) is 5.75 Å². The Morgan fingerprint density at radius 3 is 2.07 bits per heavy atom. The number of urea groups is 1. The van der Waals surface area contributed by atoms with Gasteiger partial charge in [0, 0.05) is 17.1 Å². The second kappa shape index (κ2) is 8.66. The highest BCUT2D eigenvalue weighted by molar-refractivity contribution is 7.92. The Labute approximate surface area is 169 Å². The van der Waals surface area contributed by atoms with Crippen molar-refractivity contribution in [1.82, 2.24) is 0 Å². The lowest BCUT2D eigenvalue weighted by atomic mass is 10.2. The van der Waals surface area contributed by atoms with Gasteiger partial charge in [0.2, 0.25) is 0 Å². The third-order valence-electron chi connectivity index (χ3n) is 4.16. The van der Waals surface area contributed by atoms with Crippen molar-refractivity contribution >= 4 is 33.1 Å². The fourth-order valence-electron chi connectivity index (χ4n) is 2.59. The lowest BCUT2D eigenvalue weighted by Gasteiger charge is -2.11. The molecule has 150 valence electrons. The van der Waals surface area contributed by atoms with Gasteiger partial charge >= 0.3 is 6.03 Å². The number of nitrogens with one attached hydrogen (secondary N) is 3. The predicted molar refractivity (Wildman–Crippen MR) is 114 cm³/mol. The van der Waals surface area contributed by atoms with Crippen LogP contribution in [0.2, 0.25) is 0 Å². The van der Waals surface area contributed by atoms with Crippen LogP contribution < -0.4 is 20.1 Å². The highest BCUT2D eigenvalue weighted by Gasteiger charge is 2.14. The molecule has 3 aromatic rings. The summed E-state index contributed by atoms with van der Waals surface area (Å²) in [6.45, 7) is 1.89. The second-order valence-corrected chi connectivity index (χ2v) is 7.93. The summed E-state index contributed by atoms with van der Waals surface area (Å²) in [7, 11) is -2.21. The summed E-state index contributed by atoms with van der Waals surface area (Å²) >= 11 is 0. The number of carbonyl (C=O) groups is 1. The fourth-order valence-corrected chi connectivity index (χ4v) is 3.65. The monoisotopic (exact) mass is 411 g/mol. The topological polar surface area (TPSA) is 96.5 Å². The maximum Gasteiger partial charge on any atom is 0.323 e. The molecule has 0 unspecified atom stereocenters. The summed E-state index contributed by atoms with van der Waals surface area (Å²) in [6, 6.07) is 19.5. The van der Waals surface area contributed by atoms with Crippen molar-refractivity contribution in [2.75, 3.05) is 22.5 Å². The number of para-hydroxylation sites is 1. The fraction of sp³-hybridized carbons (Fsp3) is 0.0952. The number of hydrogen-bond donors (Lipinski definition) is 3. The zero-order valence-electron chi connectivity index (χ0n) is 16.0. The van der Waals surface area contributed by atoms with Gasteiger partial charge in [0.05, 0.1) is 12.0 Å². The van der Waals surface area contributed by atoms with Crippen LogP contribution in [0.4, 0.5) is 21.9 Å². The molecule has 0 radical (unpaired) electrons. The predicted octanol–water partition coefficient (Wildman–Crippen LogP) is 4.45. The Hall–Kier alpha value is -3.52. The van der Waals surface area contributed by atoms with Crippen molar-refractivity contribution < 1.29 is 17.9 Å². The zero-order chi connectivity index (χ0) is 20.9. The molecule has 2 amide bonds. The highest BCUT2D eigenvalue weighted by atomic mass is 32.2. The number of sulfonamides is 1. The largest absolute Gasteiger partial charge is 0.497 e. The van der Waals surface area contributed by atoms with Crippen molar-refractivity contribution in [1.29, 1.82) is 0 Å². The van der Waals surface area contributed by atoms with E-state index in [0.29, 0.717) is 22.8 Å². The SMILES string of the molecule is COc1ccc(NS(=O)(=O)c2ccc(NC(=O)Nc3ccccc3C)cc2)cc1. The van der Waals surface area contributed by atoms with Crippen LogP contribution in [-0.2, 0) is 10.0 Å². The van der Waals surface area contributed by atoms with Crippen LogP contribution in [0, 0.1) is 6.92 Å². The van der Waals surface area contributed by atoms with Crippen molar-refractivity contribution in [2.24, 2.45) is 0 Å². The molecule has 0 heterocycles. The Balaban J connectivity index is 1.65. The molecule has 7 nitrogen and oxygen atoms in total. The standard InChI is InChI=1S/C21H21N3O4S/c1-15-5-3-4-6-20(15)23-21(25)22-16-9-13-19(14-10-16)29(26,27)24-17-7-11-18(28-2)12-8-17/h3-14,24H,1-2H3,(H2,22,23,25). The number of methoxy groups -OCH3 is 1. The molecule has 0 saturated carbocycles. The zero-order valence-corrected chi connectivity index (χ0v) is 16.8. The van der Waals surface area contributed by atoms with Gasteiger partial charge in [-0.3, -0.25) is 4.72 Å². The number of carbonyl (C=O) groups excluding carboxylic acids is 1. The first-order valence-corrected chi connectivity index (χ1v) is 10.3. The lowest BCUT2D eigenvalue weighted by molar-refractivity contribution is 0.262. The van der Waals surface area contributed by atoms with E-state index in [0.717, 1.165) is 5.56 Å². The first-order chi connectivity index (χ1) is 13.9. The normalized spacial score (nSPS) is 10.8. The first-order valence-electron chi connectivity index (χ1n) is 8.78. The van der Waals surface area contributed by atoms with Crippen molar-refractivity contribution in [3.05, 3.63) is 78.4 Å². The van der Waals surface area contributed by atoms with Crippen LogP contribution >= 0.6 is 0 Å². The van der Waals surface area contributed by atoms with Gasteiger partial charge in [0.25, 0.3) is 10.0 Å². The smallest absolute Gasteiger partial charge is 0.323 e. The summed E-state index contributed by atoms with van der Waals surface area (Å²) in [5.74, 6) is 0.632. The number of anilines is 3. The van der Waals surface area contributed by atoms with Crippen LogP contribution in [0.3, 0.4) is 0 Å². The van der Waals surface area contributed by atoms with E-state index < -0.39 is 16.1 Å². The summed E-state index contributed by atoms with van der Waals surface area (Å²) in [5.41, 5.74) is 2.53. The third-order valence-corrected chi connectivity index (χ3v) is 5.56. The Morgan fingerprint density at radius 1 is 0.828 bits per heavy atom. The molecule has 3 aromatic carbocycles. The minimum Gasteiger partial charge on any atom is -0.497 e. The first kappa shape index (κ1) is 20.2. The minimum absolute atomic E-state index is 0.0816. The molecule has 29 heavy (non-hydrogen) atoms. The van der Waals surface area contributed by atoms with Gasteiger partial charge in [-0.25, -0.2) is 13.2 Å². The van der Waals surface area contributed by atoms with E-state index in [2.05, 4.69) is 15.4 Å². The number of ether oxygens (including phenoxy) is 1.